The summed E-state index contributed by atoms with van der Waals surface area (Å²) in [6.07, 6.45) is -0.570. The third-order valence-corrected chi connectivity index (χ3v) is 3.10. The van der Waals surface area contributed by atoms with Crippen LogP contribution in [0.1, 0.15) is 5.56 Å². The topological polar surface area (TPSA) is 81.5 Å². The van der Waals surface area contributed by atoms with E-state index < -0.39 is 6.10 Å². The highest BCUT2D eigenvalue weighted by atomic mass is 16.5. The first-order chi connectivity index (χ1) is 8.72. The molecule has 0 unspecified atom stereocenters. The van der Waals surface area contributed by atoms with Crippen LogP contribution in [0.25, 0.3) is 10.4 Å². The van der Waals surface area contributed by atoms with Crippen LogP contribution in [-0.2, 0) is 6.54 Å². The molecule has 6 nitrogen and oxygen atoms in total. The summed E-state index contributed by atoms with van der Waals surface area (Å²) in [5, 5.41) is 13.3. The van der Waals surface area contributed by atoms with Crippen LogP contribution in [0.3, 0.4) is 0 Å². The third kappa shape index (κ3) is 2.92. The van der Waals surface area contributed by atoms with E-state index in [0.29, 0.717) is 13.1 Å². The molecular weight excluding hydrogens is 232 g/mol. The minimum Gasteiger partial charge on any atom is -0.497 e. The summed E-state index contributed by atoms with van der Waals surface area (Å²) < 4.78 is 5.10. The van der Waals surface area contributed by atoms with Gasteiger partial charge >= 0.3 is 0 Å². The molecule has 96 valence electrons. The fourth-order valence-electron chi connectivity index (χ4n) is 2.15. The summed E-state index contributed by atoms with van der Waals surface area (Å²) in [5.41, 5.74) is 9.54. The number of ether oxygens (including phenoxy) is 1. The highest BCUT2D eigenvalue weighted by molar-refractivity contribution is 5.27. The Morgan fingerprint density at radius 3 is 2.78 bits per heavy atom. The lowest BCUT2D eigenvalue weighted by atomic mass is 10.2. The van der Waals surface area contributed by atoms with Crippen LogP contribution in [-0.4, -0.2) is 42.4 Å². The quantitative estimate of drug-likeness (QED) is 0.498. The summed E-state index contributed by atoms with van der Waals surface area (Å²) >= 11 is 0. The molecule has 0 bridgehead atoms. The van der Waals surface area contributed by atoms with E-state index in [0.717, 1.165) is 17.9 Å². The number of hydrogen-bond donors (Lipinski definition) is 1. The summed E-state index contributed by atoms with van der Waals surface area (Å²) in [6.45, 7) is 1.87. The molecule has 1 saturated heterocycles. The van der Waals surface area contributed by atoms with Gasteiger partial charge in [0.25, 0.3) is 0 Å². The largest absolute Gasteiger partial charge is 0.497 e. The Bertz CT molecular complexity index is 442. The van der Waals surface area contributed by atoms with E-state index in [-0.39, 0.29) is 6.04 Å². The Balaban J connectivity index is 1.96. The molecule has 1 aromatic carbocycles. The molecule has 0 saturated carbocycles. The molecule has 0 spiro atoms. The predicted molar refractivity (Wildman–Crippen MR) is 67.2 cm³/mol. The maximum absolute atomic E-state index is 9.72. The number of nitrogens with zero attached hydrogens (tertiary/aromatic N) is 4. The molecule has 2 rings (SSSR count). The second-order valence-electron chi connectivity index (χ2n) is 4.38. The molecule has 6 heteroatoms. The Labute approximate surface area is 105 Å². The third-order valence-electron chi connectivity index (χ3n) is 3.10. The van der Waals surface area contributed by atoms with E-state index >= 15 is 0 Å². The molecule has 0 radical (unpaired) electrons. The maximum Gasteiger partial charge on any atom is 0.118 e. The minimum absolute atomic E-state index is 0.340. The lowest BCUT2D eigenvalue weighted by Crippen LogP contribution is -2.21. The zero-order valence-corrected chi connectivity index (χ0v) is 10.2. The Morgan fingerprint density at radius 1 is 1.44 bits per heavy atom. The summed E-state index contributed by atoms with van der Waals surface area (Å²) in [5.74, 6) is 0.826. The molecule has 1 fully saturated rings. The van der Waals surface area contributed by atoms with E-state index in [9.17, 15) is 5.11 Å². The van der Waals surface area contributed by atoms with E-state index in [1.54, 1.807) is 7.11 Å². The van der Waals surface area contributed by atoms with E-state index in [2.05, 4.69) is 14.9 Å². The Hall–Kier alpha value is -1.75. The number of β-amino-alcohol motifs (C(OH)–C–C–N with tert-alkyl or cyclic N) is 1. The van der Waals surface area contributed by atoms with Gasteiger partial charge in [-0.15, -0.1) is 0 Å². The molecule has 0 amide bonds. The van der Waals surface area contributed by atoms with Crippen LogP contribution in [0.15, 0.2) is 29.4 Å². The lowest BCUT2D eigenvalue weighted by molar-refractivity contribution is 0.164. The normalized spacial score (nSPS) is 23.7. The average Bonchev–Trinajstić information content (AvgIpc) is 2.71. The van der Waals surface area contributed by atoms with Gasteiger partial charge in [-0.3, -0.25) is 4.90 Å². The molecule has 1 heterocycles. The van der Waals surface area contributed by atoms with Crippen LogP contribution >= 0.6 is 0 Å². The Morgan fingerprint density at radius 2 is 2.17 bits per heavy atom. The SMILES string of the molecule is COc1ccc(CN2C[C@@H](O)[C@H](N=[N+]=[N-])C2)cc1. The van der Waals surface area contributed by atoms with Gasteiger partial charge in [-0.25, -0.2) is 0 Å². The number of rotatable bonds is 4. The van der Waals surface area contributed by atoms with Gasteiger partial charge in [0.15, 0.2) is 0 Å². The van der Waals surface area contributed by atoms with Crippen molar-refractivity contribution in [1.29, 1.82) is 0 Å². The monoisotopic (exact) mass is 248 g/mol. The maximum atomic E-state index is 9.72. The molecular formula is C12H16N4O2. The zero-order valence-electron chi connectivity index (χ0n) is 10.2. The molecule has 2 atom stereocenters. The van der Waals surface area contributed by atoms with Crippen LogP contribution in [0.2, 0.25) is 0 Å². The second-order valence-corrected chi connectivity index (χ2v) is 4.38. The van der Waals surface area contributed by atoms with E-state index in [1.165, 1.54) is 0 Å². The van der Waals surface area contributed by atoms with Gasteiger partial charge in [0.2, 0.25) is 0 Å². The summed E-state index contributed by atoms with van der Waals surface area (Å²) in [7, 11) is 1.64. The number of likely N-dealkylation sites (tertiary alicyclic amines) is 1. The first-order valence-corrected chi connectivity index (χ1v) is 5.80. The minimum atomic E-state index is -0.570. The fourth-order valence-corrected chi connectivity index (χ4v) is 2.15. The van der Waals surface area contributed by atoms with Crippen molar-refractivity contribution in [1.82, 2.24) is 4.90 Å². The van der Waals surface area contributed by atoms with Crippen LogP contribution in [0.4, 0.5) is 0 Å². The first kappa shape index (κ1) is 12.7. The van der Waals surface area contributed by atoms with Gasteiger partial charge in [-0.05, 0) is 23.2 Å². The average molecular weight is 248 g/mol. The van der Waals surface area contributed by atoms with Crippen molar-refractivity contribution >= 4 is 0 Å². The van der Waals surface area contributed by atoms with Crippen LogP contribution in [0, 0.1) is 0 Å². The molecule has 1 aromatic rings. The van der Waals surface area contributed by atoms with Crippen LogP contribution < -0.4 is 4.74 Å². The van der Waals surface area contributed by atoms with Gasteiger partial charge in [-0.2, -0.15) is 0 Å². The van der Waals surface area contributed by atoms with Crippen molar-refractivity contribution in [3.05, 3.63) is 40.3 Å². The van der Waals surface area contributed by atoms with Crippen LogP contribution in [0.5, 0.6) is 5.75 Å². The van der Waals surface area contributed by atoms with Crippen molar-refractivity contribution in [3.8, 4) is 5.75 Å². The zero-order chi connectivity index (χ0) is 13.0. The number of benzene rings is 1. The van der Waals surface area contributed by atoms with Gasteiger partial charge in [0, 0.05) is 24.5 Å². The van der Waals surface area contributed by atoms with Gasteiger partial charge in [0.05, 0.1) is 19.3 Å². The fraction of sp³-hybridized carbons (Fsp3) is 0.500. The van der Waals surface area contributed by atoms with Crippen molar-refractivity contribution < 1.29 is 9.84 Å². The summed E-state index contributed by atoms with van der Waals surface area (Å²) in [4.78, 5) is 4.83. The molecule has 0 aliphatic carbocycles. The molecule has 18 heavy (non-hydrogen) atoms. The highest BCUT2D eigenvalue weighted by Crippen LogP contribution is 2.18. The van der Waals surface area contributed by atoms with Crippen molar-refractivity contribution in [3.63, 3.8) is 0 Å². The lowest BCUT2D eigenvalue weighted by Gasteiger charge is -2.15. The number of aliphatic hydroxyl groups is 1. The van der Waals surface area contributed by atoms with Gasteiger partial charge in [-0.1, -0.05) is 17.2 Å². The number of hydrogen-bond acceptors (Lipinski definition) is 4. The Kier molecular flexibility index (Phi) is 4.04. The molecule has 1 N–H and O–H groups in total. The molecule has 0 aromatic heterocycles. The van der Waals surface area contributed by atoms with Crippen molar-refractivity contribution in [2.75, 3.05) is 20.2 Å². The molecule has 1 aliphatic heterocycles. The predicted octanol–water partition coefficient (Wildman–Crippen LogP) is 1.55. The summed E-state index contributed by atoms with van der Waals surface area (Å²) in [6, 6.07) is 7.46. The number of azide groups is 1. The standard InChI is InChI=1S/C12H16N4O2/c1-18-10-4-2-9(3-5-10)6-16-7-11(14-15-13)12(17)8-16/h2-5,11-12,17H,6-8H2,1H3/t11-,12-/m1/s1. The molecule has 1 aliphatic rings. The van der Waals surface area contributed by atoms with Crippen molar-refractivity contribution in [2.45, 2.75) is 18.7 Å². The van der Waals surface area contributed by atoms with Crippen molar-refractivity contribution in [2.24, 2.45) is 5.11 Å². The van der Waals surface area contributed by atoms with Gasteiger partial charge in [0.1, 0.15) is 5.75 Å². The van der Waals surface area contributed by atoms with Gasteiger partial charge < -0.3 is 9.84 Å². The smallest absolute Gasteiger partial charge is 0.118 e. The number of aliphatic hydroxyl groups excluding tert-OH is 1. The van der Waals surface area contributed by atoms with E-state index in [1.807, 2.05) is 24.3 Å². The second kappa shape index (κ2) is 5.73. The van der Waals surface area contributed by atoms with E-state index in [4.69, 9.17) is 10.3 Å². The first-order valence-electron chi connectivity index (χ1n) is 5.80. The highest BCUT2D eigenvalue weighted by Gasteiger charge is 2.30. The number of methoxy groups -OCH3 is 1.